The number of aryl methyl sites for hydroxylation is 1. The summed E-state index contributed by atoms with van der Waals surface area (Å²) in [5.74, 6) is 0.191. The van der Waals surface area contributed by atoms with E-state index < -0.39 is 0 Å². The van der Waals surface area contributed by atoms with E-state index in [9.17, 15) is 4.79 Å². The van der Waals surface area contributed by atoms with Crippen molar-refractivity contribution in [3.05, 3.63) is 34.3 Å². The van der Waals surface area contributed by atoms with Crippen LogP contribution >= 0.6 is 15.9 Å². The highest BCUT2D eigenvalue weighted by Crippen LogP contribution is 2.14. The van der Waals surface area contributed by atoms with Crippen molar-refractivity contribution in [3.63, 3.8) is 0 Å². The zero-order valence-corrected chi connectivity index (χ0v) is 12.8. The van der Waals surface area contributed by atoms with Gasteiger partial charge in [-0.05, 0) is 43.9 Å². The van der Waals surface area contributed by atoms with Gasteiger partial charge in [0, 0.05) is 17.1 Å². The van der Waals surface area contributed by atoms with Gasteiger partial charge in [0.05, 0.1) is 12.5 Å². The number of halogens is 1. The van der Waals surface area contributed by atoms with Crippen LogP contribution in [0.1, 0.15) is 25.3 Å². The fourth-order valence-electron chi connectivity index (χ4n) is 2.21. The van der Waals surface area contributed by atoms with Crippen LogP contribution in [0, 0.1) is 5.92 Å². The van der Waals surface area contributed by atoms with E-state index in [4.69, 9.17) is 4.74 Å². The molecular weight excluding hydrogens is 306 g/mol. The fraction of sp³-hybridized carbons (Fsp3) is 0.533. The maximum absolute atomic E-state index is 11.9. The van der Waals surface area contributed by atoms with Crippen molar-refractivity contribution in [1.29, 1.82) is 0 Å². The summed E-state index contributed by atoms with van der Waals surface area (Å²) >= 11 is 3.43. The van der Waals surface area contributed by atoms with E-state index in [1.807, 2.05) is 0 Å². The van der Waals surface area contributed by atoms with Gasteiger partial charge in [-0.1, -0.05) is 28.1 Å². The number of hydrogen-bond acceptors (Lipinski definition) is 2. The van der Waals surface area contributed by atoms with E-state index in [0.717, 1.165) is 23.7 Å². The predicted octanol–water partition coefficient (Wildman–Crippen LogP) is 2.92. The Labute approximate surface area is 122 Å². The van der Waals surface area contributed by atoms with Crippen LogP contribution in [0.4, 0.5) is 0 Å². The summed E-state index contributed by atoms with van der Waals surface area (Å²) in [7, 11) is 0. The highest BCUT2D eigenvalue weighted by molar-refractivity contribution is 9.10. The summed E-state index contributed by atoms with van der Waals surface area (Å²) in [4.78, 5) is 11.9. The number of carbonyl (C=O) groups excluding carboxylic acids is 1. The monoisotopic (exact) mass is 325 g/mol. The zero-order valence-electron chi connectivity index (χ0n) is 11.2. The second-order valence-electron chi connectivity index (χ2n) is 5.14. The molecule has 4 heteroatoms. The number of hydrogen-bond donors (Lipinski definition) is 1. The number of carbonyl (C=O) groups is 1. The average Bonchev–Trinajstić information content (AvgIpc) is 2.92. The zero-order chi connectivity index (χ0) is 13.7. The van der Waals surface area contributed by atoms with Gasteiger partial charge in [0.15, 0.2) is 0 Å². The first-order valence-electron chi connectivity index (χ1n) is 6.77. The fourth-order valence-corrected chi connectivity index (χ4v) is 2.47. The maximum atomic E-state index is 11.9. The highest BCUT2D eigenvalue weighted by atomic mass is 79.9. The molecule has 2 rings (SSSR count). The van der Waals surface area contributed by atoms with E-state index in [1.165, 1.54) is 5.56 Å². The van der Waals surface area contributed by atoms with Gasteiger partial charge in [-0.2, -0.15) is 0 Å². The molecule has 19 heavy (non-hydrogen) atoms. The number of benzene rings is 1. The van der Waals surface area contributed by atoms with E-state index >= 15 is 0 Å². The van der Waals surface area contributed by atoms with Crippen LogP contribution < -0.4 is 5.32 Å². The van der Waals surface area contributed by atoms with Crippen LogP contribution in [0.3, 0.4) is 0 Å². The van der Waals surface area contributed by atoms with Gasteiger partial charge >= 0.3 is 0 Å². The third-order valence-electron chi connectivity index (χ3n) is 3.47. The average molecular weight is 326 g/mol. The van der Waals surface area contributed by atoms with E-state index in [0.29, 0.717) is 13.2 Å². The van der Waals surface area contributed by atoms with Gasteiger partial charge in [0.1, 0.15) is 0 Å². The molecule has 1 heterocycles. The Kier molecular flexibility index (Phi) is 5.40. The molecule has 1 amide bonds. The maximum Gasteiger partial charge on any atom is 0.225 e. The summed E-state index contributed by atoms with van der Waals surface area (Å²) in [6.07, 6.45) is 2.79. The van der Waals surface area contributed by atoms with Gasteiger partial charge in [-0.15, -0.1) is 0 Å². The first kappa shape index (κ1) is 14.5. The minimum absolute atomic E-state index is 0.0510. The van der Waals surface area contributed by atoms with Crippen LogP contribution in [0.5, 0.6) is 0 Å². The van der Waals surface area contributed by atoms with Crippen molar-refractivity contribution in [3.8, 4) is 0 Å². The van der Waals surface area contributed by atoms with Gasteiger partial charge in [-0.25, -0.2) is 0 Å². The first-order valence-corrected chi connectivity index (χ1v) is 7.57. The summed E-state index contributed by atoms with van der Waals surface area (Å²) in [5.41, 5.74) is 1.30. The second-order valence-corrected chi connectivity index (χ2v) is 6.05. The van der Waals surface area contributed by atoms with Crippen molar-refractivity contribution in [2.75, 3.05) is 13.2 Å². The van der Waals surface area contributed by atoms with E-state index in [1.54, 1.807) is 0 Å². The lowest BCUT2D eigenvalue weighted by Gasteiger charge is -2.16. The van der Waals surface area contributed by atoms with Gasteiger partial charge < -0.3 is 10.1 Å². The minimum Gasteiger partial charge on any atom is -0.381 e. The van der Waals surface area contributed by atoms with Crippen LogP contribution in [0.2, 0.25) is 0 Å². The summed E-state index contributed by atoms with van der Waals surface area (Å²) in [6.45, 7) is 3.35. The minimum atomic E-state index is 0.0510. The molecule has 0 saturated carbocycles. The van der Waals surface area contributed by atoms with Crippen LogP contribution in [-0.2, 0) is 16.0 Å². The molecule has 3 nitrogen and oxygen atoms in total. The molecule has 2 atom stereocenters. The number of nitrogens with one attached hydrogen (secondary N) is 1. The third-order valence-corrected chi connectivity index (χ3v) is 4.00. The van der Waals surface area contributed by atoms with Crippen molar-refractivity contribution in [1.82, 2.24) is 5.32 Å². The Morgan fingerprint density at radius 2 is 2.21 bits per heavy atom. The number of ether oxygens (including phenoxy) is 1. The van der Waals surface area contributed by atoms with E-state index in [2.05, 4.69) is 52.4 Å². The molecule has 1 N–H and O–H groups in total. The Morgan fingerprint density at radius 1 is 1.47 bits per heavy atom. The first-order chi connectivity index (χ1) is 9.15. The van der Waals surface area contributed by atoms with Gasteiger partial charge in [0.25, 0.3) is 0 Å². The van der Waals surface area contributed by atoms with Crippen molar-refractivity contribution in [2.45, 2.75) is 32.2 Å². The second kappa shape index (κ2) is 7.06. The Morgan fingerprint density at radius 3 is 2.84 bits per heavy atom. The van der Waals surface area contributed by atoms with Crippen molar-refractivity contribution < 1.29 is 9.53 Å². The molecule has 1 aromatic carbocycles. The molecule has 1 aliphatic rings. The van der Waals surface area contributed by atoms with Crippen molar-refractivity contribution >= 4 is 21.8 Å². The van der Waals surface area contributed by atoms with Crippen molar-refractivity contribution in [2.24, 2.45) is 5.92 Å². The quantitative estimate of drug-likeness (QED) is 0.903. The summed E-state index contributed by atoms with van der Waals surface area (Å²) < 4.78 is 6.33. The molecule has 1 aliphatic heterocycles. The van der Waals surface area contributed by atoms with Crippen LogP contribution in [0.25, 0.3) is 0 Å². The molecule has 1 saturated heterocycles. The molecule has 0 unspecified atom stereocenters. The Balaban J connectivity index is 1.73. The van der Waals surface area contributed by atoms with E-state index in [-0.39, 0.29) is 17.9 Å². The SMILES string of the molecule is C[C@@H](CCc1ccc(Br)cc1)NC(=O)[C@@H]1CCOC1. The van der Waals surface area contributed by atoms with Gasteiger partial charge in [0.2, 0.25) is 5.91 Å². The van der Waals surface area contributed by atoms with Gasteiger partial charge in [-0.3, -0.25) is 4.79 Å². The molecule has 1 aromatic rings. The molecule has 0 bridgehead atoms. The molecular formula is C15H20BrNO2. The number of amides is 1. The Hall–Kier alpha value is -0.870. The lowest BCUT2D eigenvalue weighted by atomic mass is 10.0. The normalized spacial score (nSPS) is 20.2. The third kappa shape index (κ3) is 4.62. The Bertz CT molecular complexity index is 413. The predicted molar refractivity (Wildman–Crippen MR) is 79.0 cm³/mol. The molecule has 0 radical (unpaired) electrons. The highest BCUT2D eigenvalue weighted by Gasteiger charge is 2.24. The molecule has 0 aromatic heterocycles. The summed E-state index contributed by atoms with van der Waals surface area (Å²) in [5, 5.41) is 3.08. The lowest BCUT2D eigenvalue weighted by Crippen LogP contribution is -2.37. The van der Waals surface area contributed by atoms with Crippen LogP contribution in [-0.4, -0.2) is 25.2 Å². The smallest absolute Gasteiger partial charge is 0.225 e. The molecule has 1 fully saturated rings. The molecule has 104 valence electrons. The van der Waals surface area contributed by atoms with Crippen LogP contribution in [0.15, 0.2) is 28.7 Å². The molecule has 0 aliphatic carbocycles. The largest absolute Gasteiger partial charge is 0.381 e. The molecule has 0 spiro atoms. The topological polar surface area (TPSA) is 38.3 Å². The summed E-state index contributed by atoms with van der Waals surface area (Å²) in [6, 6.07) is 8.53. The number of rotatable bonds is 5. The standard InChI is InChI=1S/C15H20BrNO2/c1-11(17-15(18)13-8-9-19-10-13)2-3-12-4-6-14(16)7-5-12/h4-7,11,13H,2-3,8-10H2,1H3,(H,17,18)/t11-,13+/m0/s1. The lowest BCUT2D eigenvalue weighted by molar-refractivity contribution is -0.125.